The van der Waals surface area contributed by atoms with Crippen molar-refractivity contribution < 1.29 is 23.1 Å². The number of alkyl halides is 2. The molecule has 0 saturated carbocycles. The molecular formula is C21H18F3N3O2. The number of hydrogen-bond donors (Lipinski definition) is 1. The molecule has 2 aromatic carbocycles. The normalized spacial score (nSPS) is 16.0. The van der Waals surface area contributed by atoms with Crippen LogP contribution in [0.5, 0.6) is 5.75 Å². The van der Waals surface area contributed by atoms with Gasteiger partial charge in [-0.2, -0.15) is 5.10 Å². The van der Waals surface area contributed by atoms with Crippen LogP contribution in [0.3, 0.4) is 0 Å². The maximum Gasteiger partial charge on any atom is 0.251 e. The van der Waals surface area contributed by atoms with Crippen molar-refractivity contribution in [1.82, 2.24) is 9.78 Å². The van der Waals surface area contributed by atoms with Crippen LogP contribution in [0.4, 0.5) is 18.9 Å². The molecular weight excluding hydrogens is 383 g/mol. The molecule has 0 amide bonds. The van der Waals surface area contributed by atoms with Gasteiger partial charge in [0.05, 0.1) is 17.4 Å². The van der Waals surface area contributed by atoms with E-state index in [0.717, 1.165) is 17.4 Å². The molecule has 0 atom stereocenters. The minimum absolute atomic E-state index is 0.135. The number of benzene rings is 2. The van der Waals surface area contributed by atoms with Crippen LogP contribution >= 0.6 is 0 Å². The predicted octanol–water partition coefficient (Wildman–Crippen LogP) is 4.43. The lowest BCUT2D eigenvalue weighted by Crippen LogP contribution is -2.39. The number of phenols is 1. The zero-order valence-electron chi connectivity index (χ0n) is 15.4. The Balaban J connectivity index is 1.54. The number of piperidine rings is 1. The number of carbonyl (C=O) groups excluding carboxylic acids is 1. The quantitative estimate of drug-likeness (QED) is 0.657. The maximum atomic E-state index is 13.8. The fraction of sp³-hybridized carbons (Fsp3) is 0.238. The number of rotatable bonds is 4. The smallest absolute Gasteiger partial charge is 0.251 e. The van der Waals surface area contributed by atoms with E-state index >= 15 is 0 Å². The van der Waals surface area contributed by atoms with Crippen LogP contribution in [0.1, 0.15) is 23.2 Å². The van der Waals surface area contributed by atoms with E-state index in [0.29, 0.717) is 30.5 Å². The summed E-state index contributed by atoms with van der Waals surface area (Å²) in [6.45, 7) is 0.619. The Morgan fingerprint density at radius 3 is 2.34 bits per heavy atom. The number of anilines is 1. The summed E-state index contributed by atoms with van der Waals surface area (Å²) in [6.07, 6.45) is 3.30. The Morgan fingerprint density at radius 1 is 1.03 bits per heavy atom. The van der Waals surface area contributed by atoms with Crippen molar-refractivity contribution in [3.8, 4) is 22.6 Å². The molecule has 1 saturated heterocycles. The van der Waals surface area contributed by atoms with Crippen molar-refractivity contribution in [2.75, 3.05) is 18.0 Å². The summed E-state index contributed by atoms with van der Waals surface area (Å²) in [5.41, 5.74) is 2.48. The first kappa shape index (κ1) is 19.0. The molecule has 1 fully saturated rings. The number of phenolic OH excluding ortho intramolecular Hbond substituents is 1. The Morgan fingerprint density at radius 2 is 1.69 bits per heavy atom. The van der Waals surface area contributed by atoms with Crippen molar-refractivity contribution in [3.63, 3.8) is 0 Å². The van der Waals surface area contributed by atoms with Crippen LogP contribution in [-0.4, -0.2) is 40.2 Å². The molecule has 0 bridgehead atoms. The SMILES string of the molecule is O=Cc1cc(-c2cnn(-c3ccc(N4CCC(F)(F)CC4)cc3)c2)cc(F)c1O. The molecule has 3 aromatic rings. The molecule has 0 aliphatic carbocycles. The second-order valence-corrected chi connectivity index (χ2v) is 7.05. The fourth-order valence-corrected chi connectivity index (χ4v) is 3.40. The number of aldehydes is 1. The molecule has 4 rings (SSSR count). The van der Waals surface area contributed by atoms with Crippen molar-refractivity contribution >= 4 is 12.0 Å². The van der Waals surface area contributed by atoms with E-state index in [1.54, 1.807) is 10.9 Å². The summed E-state index contributed by atoms with van der Waals surface area (Å²) >= 11 is 0. The van der Waals surface area contributed by atoms with Crippen molar-refractivity contribution in [2.45, 2.75) is 18.8 Å². The number of halogens is 3. The van der Waals surface area contributed by atoms with Gasteiger partial charge in [-0.1, -0.05) is 0 Å². The molecule has 5 nitrogen and oxygen atoms in total. The Kier molecular flexibility index (Phi) is 4.77. The highest BCUT2D eigenvalue weighted by Crippen LogP contribution is 2.31. The monoisotopic (exact) mass is 401 g/mol. The maximum absolute atomic E-state index is 13.8. The molecule has 0 radical (unpaired) electrons. The molecule has 29 heavy (non-hydrogen) atoms. The molecule has 1 N–H and O–H groups in total. The van der Waals surface area contributed by atoms with Gasteiger partial charge in [-0.3, -0.25) is 4.79 Å². The van der Waals surface area contributed by atoms with E-state index in [1.165, 1.54) is 12.3 Å². The minimum Gasteiger partial charge on any atom is -0.504 e. The second-order valence-electron chi connectivity index (χ2n) is 7.05. The number of nitrogens with zero attached hydrogens (tertiary/aromatic N) is 3. The van der Waals surface area contributed by atoms with E-state index in [2.05, 4.69) is 5.10 Å². The number of aromatic hydroxyl groups is 1. The highest BCUT2D eigenvalue weighted by Gasteiger charge is 2.33. The third-order valence-electron chi connectivity index (χ3n) is 5.11. The van der Waals surface area contributed by atoms with Crippen LogP contribution in [0, 0.1) is 5.82 Å². The Hall–Kier alpha value is -3.29. The van der Waals surface area contributed by atoms with Crippen molar-refractivity contribution in [2.24, 2.45) is 0 Å². The molecule has 2 heterocycles. The first-order chi connectivity index (χ1) is 13.9. The first-order valence-corrected chi connectivity index (χ1v) is 9.12. The third kappa shape index (κ3) is 3.83. The van der Waals surface area contributed by atoms with Crippen LogP contribution < -0.4 is 4.90 Å². The van der Waals surface area contributed by atoms with Crippen molar-refractivity contribution in [3.05, 3.63) is 60.2 Å². The molecule has 1 aliphatic heterocycles. The van der Waals surface area contributed by atoms with E-state index in [-0.39, 0.29) is 18.4 Å². The van der Waals surface area contributed by atoms with Gasteiger partial charge in [0.25, 0.3) is 5.92 Å². The summed E-state index contributed by atoms with van der Waals surface area (Å²) < 4.78 is 42.1. The third-order valence-corrected chi connectivity index (χ3v) is 5.11. The van der Waals surface area contributed by atoms with E-state index in [1.807, 2.05) is 29.2 Å². The zero-order valence-corrected chi connectivity index (χ0v) is 15.4. The number of carbonyl (C=O) groups is 1. The summed E-state index contributed by atoms with van der Waals surface area (Å²) in [7, 11) is 0. The fourth-order valence-electron chi connectivity index (χ4n) is 3.40. The summed E-state index contributed by atoms with van der Waals surface area (Å²) in [5, 5.41) is 13.8. The Labute approximate surface area is 165 Å². The van der Waals surface area contributed by atoms with Gasteiger partial charge < -0.3 is 10.0 Å². The summed E-state index contributed by atoms with van der Waals surface area (Å²) in [5.74, 6) is -4.14. The van der Waals surface area contributed by atoms with Gasteiger partial charge in [0.1, 0.15) is 0 Å². The molecule has 1 aromatic heterocycles. The van der Waals surface area contributed by atoms with Gasteiger partial charge in [-0.05, 0) is 42.0 Å². The summed E-state index contributed by atoms with van der Waals surface area (Å²) in [6, 6.07) is 9.89. The molecule has 8 heteroatoms. The predicted molar refractivity (Wildman–Crippen MR) is 102 cm³/mol. The van der Waals surface area contributed by atoms with Crippen LogP contribution in [-0.2, 0) is 0 Å². The average Bonchev–Trinajstić information content (AvgIpc) is 3.20. The van der Waals surface area contributed by atoms with Gasteiger partial charge >= 0.3 is 0 Å². The number of hydrogen-bond acceptors (Lipinski definition) is 4. The van der Waals surface area contributed by atoms with E-state index in [9.17, 15) is 23.1 Å². The van der Waals surface area contributed by atoms with Gasteiger partial charge in [0, 0.05) is 43.4 Å². The first-order valence-electron chi connectivity index (χ1n) is 9.12. The zero-order chi connectivity index (χ0) is 20.6. The second kappa shape index (κ2) is 7.27. The largest absolute Gasteiger partial charge is 0.504 e. The molecule has 1 aliphatic rings. The van der Waals surface area contributed by atoms with Crippen LogP contribution in [0.15, 0.2) is 48.8 Å². The van der Waals surface area contributed by atoms with Gasteiger partial charge in [-0.25, -0.2) is 17.9 Å². The highest BCUT2D eigenvalue weighted by atomic mass is 19.3. The Bertz CT molecular complexity index is 1040. The van der Waals surface area contributed by atoms with Crippen LogP contribution in [0.25, 0.3) is 16.8 Å². The minimum atomic E-state index is -2.58. The van der Waals surface area contributed by atoms with E-state index < -0.39 is 17.5 Å². The number of aromatic nitrogens is 2. The van der Waals surface area contributed by atoms with Crippen molar-refractivity contribution in [1.29, 1.82) is 0 Å². The summed E-state index contributed by atoms with van der Waals surface area (Å²) in [4.78, 5) is 12.9. The van der Waals surface area contributed by atoms with Gasteiger partial charge in [-0.15, -0.1) is 0 Å². The van der Waals surface area contributed by atoms with Gasteiger partial charge in [0.15, 0.2) is 17.9 Å². The molecule has 0 unspecified atom stereocenters. The lowest BCUT2D eigenvalue weighted by molar-refractivity contribution is -0.0220. The van der Waals surface area contributed by atoms with Crippen LogP contribution in [0.2, 0.25) is 0 Å². The topological polar surface area (TPSA) is 58.4 Å². The standard InChI is InChI=1S/C21H18F3N3O2/c22-19-10-14(9-15(13-28)20(19)29)16-11-25-27(12-16)18-3-1-17(2-4-18)26-7-5-21(23,24)6-8-26/h1-4,9-13,29H,5-8H2. The average molecular weight is 401 g/mol. The highest BCUT2D eigenvalue weighted by molar-refractivity contribution is 5.82. The van der Waals surface area contributed by atoms with Gasteiger partial charge in [0.2, 0.25) is 0 Å². The lowest BCUT2D eigenvalue weighted by atomic mass is 10.1. The lowest BCUT2D eigenvalue weighted by Gasteiger charge is -2.33. The molecule has 0 spiro atoms. The van der Waals surface area contributed by atoms with E-state index in [4.69, 9.17) is 0 Å². The molecule has 150 valence electrons.